The number of rotatable bonds is 6. The molecule has 8 heteroatoms. The molecular formula is C21H22BF3O4. The highest BCUT2D eigenvalue weighted by Gasteiger charge is 2.40. The van der Waals surface area contributed by atoms with E-state index in [1.165, 1.54) is 12.1 Å². The average molecular weight is 406 g/mol. The van der Waals surface area contributed by atoms with Gasteiger partial charge in [-0.3, -0.25) is 4.79 Å². The molecule has 4 nitrogen and oxygen atoms in total. The molecule has 0 aromatic heterocycles. The van der Waals surface area contributed by atoms with Crippen LogP contribution < -0.4 is 10.2 Å². The molecule has 0 atom stereocenters. The van der Waals surface area contributed by atoms with E-state index in [-0.39, 0.29) is 34.4 Å². The van der Waals surface area contributed by atoms with Crippen LogP contribution in [0.5, 0.6) is 5.75 Å². The highest BCUT2D eigenvalue weighted by molar-refractivity contribution is 6.63. The summed E-state index contributed by atoms with van der Waals surface area (Å²) >= 11 is 0. The highest BCUT2D eigenvalue weighted by atomic mass is 19.4. The Morgan fingerprint density at radius 1 is 1.10 bits per heavy atom. The molecule has 1 heterocycles. The number of alkyl halides is 3. The van der Waals surface area contributed by atoms with E-state index in [1.807, 2.05) is 44.2 Å². The minimum absolute atomic E-state index is 0.0591. The van der Waals surface area contributed by atoms with Gasteiger partial charge in [-0.05, 0) is 17.7 Å². The van der Waals surface area contributed by atoms with Crippen molar-refractivity contribution in [1.82, 2.24) is 0 Å². The van der Waals surface area contributed by atoms with E-state index < -0.39 is 19.7 Å². The standard InChI is InChI=1S/C21H22BF3O4/c1-20(2)13-28-22(29-14-20)19-16(11-26)8-9-18(17(19)10-21(23,24)25)27-12-15-6-4-3-5-7-15/h3-9,11H,10,12-14H2,1-2H3. The third-order valence-corrected chi connectivity index (χ3v) is 4.58. The summed E-state index contributed by atoms with van der Waals surface area (Å²) in [7, 11) is -1.05. The van der Waals surface area contributed by atoms with Gasteiger partial charge in [0.15, 0.2) is 0 Å². The van der Waals surface area contributed by atoms with Crippen molar-refractivity contribution in [3.63, 3.8) is 0 Å². The monoisotopic (exact) mass is 406 g/mol. The number of hydrogen-bond donors (Lipinski definition) is 0. The third kappa shape index (κ3) is 5.61. The average Bonchev–Trinajstić information content (AvgIpc) is 2.67. The molecule has 29 heavy (non-hydrogen) atoms. The summed E-state index contributed by atoms with van der Waals surface area (Å²) < 4.78 is 57.2. The molecule has 0 N–H and O–H groups in total. The van der Waals surface area contributed by atoms with Gasteiger partial charge in [0.05, 0.1) is 6.42 Å². The number of hydrogen-bond acceptors (Lipinski definition) is 4. The second-order valence-corrected chi connectivity index (χ2v) is 7.85. The molecule has 0 saturated carbocycles. The minimum Gasteiger partial charge on any atom is -0.489 e. The predicted octanol–water partition coefficient (Wildman–Crippen LogP) is 3.95. The van der Waals surface area contributed by atoms with Crippen molar-refractivity contribution < 1.29 is 32.0 Å². The van der Waals surface area contributed by atoms with Crippen molar-refractivity contribution in [2.75, 3.05) is 13.2 Å². The lowest BCUT2D eigenvalue weighted by molar-refractivity contribution is -0.127. The highest BCUT2D eigenvalue weighted by Crippen LogP contribution is 2.30. The van der Waals surface area contributed by atoms with Crippen LogP contribution in [0.25, 0.3) is 0 Å². The fourth-order valence-corrected chi connectivity index (χ4v) is 3.16. The van der Waals surface area contributed by atoms with Crippen LogP contribution in [0, 0.1) is 5.41 Å². The van der Waals surface area contributed by atoms with Crippen LogP contribution in [0.1, 0.15) is 35.3 Å². The summed E-state index contributed by atoms with van der Waals surface area (Å²) in [6.07, 6.45) is -5.22. The lowest BCUT2D eigenvalue weighted by Gasteiger charge is -2.34. The number of aldehydes is 1. The van der Waals surface area contributed by atoms with Crippen molar-refractivity contribution in [2.24, 2.45) is 5.41 Å². The molecule has 1 aliphatic heterocycles. The van der Waals surface area contributed by atoms with Crippen LogP contribution in [-0.2, 0) is 22.3 Å². The van der Waals surface area contributed by atoms with Gasteiger partial charge in [-0.25, -0.2) is 0 Å². The number of halogens is 3. The maximum absolute atomic E-state index is 13.4. The van der Waals surface area contributed by atoms with Gasteiger partial charge in [-0.15, -0.1) is 0 Å². The molecule has 0 amide bonds. The Morgan fingerprint density at radius 3 is 2.34 bits per heavy atom. The molecule has 0 spiro atoms. The Hall–Kier alpha value is -2.32. The fraction of sp³-hybridized carbons (Fsp3) is 0.381. The van der Waals surface area contributed by atoms with Crippen LogP contribution in [0.15, 0.2) is 42.5 Å². The zero-order valence-corrected chi connectivity index (χ0v) is 16.3. The van der Waals surface area contributed by atoms with E-state index >= 15 is 0 Å². The third-order valence-electron chi connectivity index (χ3n) is 4.58. The summed E-state index contributed by atoms with van der Waals surface area (Å²) in [6, 6.07) is 12.0. The molecule has 3 rings (SSSR count). The summed E-state index contributed by atoms with van der Waals surface area (Å²) in [5, 5.41) is 0. The SMILES string of the molecule is CC1(C)COB(c2c(C=O)ccc(OCc3ccccc3)c2CC(F)(F)F)OC1. The van der Waals surface area contributed by atoms with Gasteiger partial charge in [0.2, 0.25) is 0 Å². The first kappa shape index (κ1) is 21.4. The number of carbonyl (C=O) groups is 1. The van der Waals surface area contributed by atoms with Crippen molar-refractivity contribution in [1.29, 1.82) is 0 Å². The molecule has 154 valence electrons. The van der Waals surface area contributed by atoms with Gasteiger partial charge in [0.1, 0.15) is 18.6 Å². The van der Waals surface area contributed by atoms with E-state index in [2.05, 4.69) is 0 Å². The molecule has 0 aliphatic carbocycles. The first-order valence-electron chi connectivity index (χ1n) is 9.26. The summed E-state index contributed by atoms with van der Waals surface area (Å²) in [4.78, 5) is 11.6. The maximum atomic E-state index is 13.4. The van der Waals surface area contributed by atoms with Gasteiger partial charge in [0.25, 0.3) is 0 Å². The van der Waals surface area contributed by atoms with E-state index in [0.29, 0.717) is 19.5 Å². The number of benzene rings is 2. The smallest absolute Gasteiger partial charge is 0.489 e. The van der Waals surface area contributed by atoms with Crippen LogP contribution >= 0.6 is 0 Å². The molecule has 0 unspecified atom stereocenters. The van der Waals surface area contributed by atoms with Crippen molar-refractivity contribution in [3.05, 3.63) is 59.2 Å². The molecule has 0 bridgehead atoms. The Labute approximate surface area is 168 Å². The van der Waals surface area contributed by atoms with Crippen LogP contribution in [0.2, 0.25) is 0 Å². The van der Waals surface area contributed by atoms with Gasteiger partial charge >= 0.3 is 13.3 Å². The molecule has 2 aromatic rings. The largest absolute Gasteiger partial charge is 0.495 e. The summed E-state index contributed by atoms with van der Waals surface area (Å²) in [5.41, 5.74) is 0.601. The second-order valence-electron chi connectivity index (χ2n) is 7.85. The number of ether oxygens (including phenoxy) is 1. The normalized spacial score (nSPS) is 16.5. The van der Waals surface area contributed by atoms with E-state index in [1.54, 1.807) is 0 Å². The van der Waals surface area contributed by atoms with Gasteiger partial charge in [-0.2, -0.15) is 13.2 Å². The first-order valence-corrected chi connectivity index (χ1v) is 9.26. The Balaban J connectivity index is 1.98. The first-order chi connectivity index (χ1) is 13.7. The van der Waals surface area contributed by atoms with E-state index in [4.69, 9.17) is 14.0 Å². The number of carbonyl (C=O) groups excluding carboxylic acids is 1. The van der Waals surface area contributed by atoms with Crippen LogP contribution in [0.4, 0.5) is 13.2 Å². The van der Waals surface area contributed by atoms with Crippen molar-refractivity contribution >= 4 is 18.9 Å². The lowest BCUT2D eigenvalue weighted by Crippen LogP contribution is -2.50. The van der Waals surface area contributed by atoms with Gasteiger partial charge < -0.3 is 14.0 Å². The molecular weight excluding hydrogens is 384 g/mol. The van der Waals surface area contributed by atoms with Gasteiger partial charge in [-0.1, -0.05) is 44.2 Å². The molecule has 1 saturated heterocycles. The summed E-state index contributed by atoms with van der Waals surface area (Å²) in [5.74, 6) is 0.0591. The molecule has 2 aromatic carbocycles. The molecule has 0 radical (unpaired) electrons. The molecule has 1 fully saturated rings. The predicted molar refractivity (Wildman–Crippen MR) is 103 cm³/mol. The van der Waals surface area contributed by atoms with E-state index in [0.717, 1.165) is 5.56 Å². The zero-order valence-electron chi connectivity index (χ0n) is 16.3. The van der Waals surface area contributed by atoms with Crippen molar-refractivity contribution in [3.8, 4) is 5.75 Å². The molecule has 1 aliphatic rings. The Kier molecular flexibility index (Phi) is 6.34. The lowest BCUT2D eigenvalue weighted by atomic mass is 9.70. The quantitative estimate of drug-likeness (QED) is 0.539. The Bertz CT molecular complexity index is 843. The second kappa shape index (κ2) is 8.59. The Morgan fingerprint density at radius 2 is 1.76 bits per heavy atom. The van der Waals surface area contributed by atoms with Crippen LogP contribution in [0.3, 0.4) is 0 Å². The van der Waals surface area contributed by atoms with Gasteiger partial charge in [0, 0.05) is 35.2 Å². The van der Waals surface area contributed by atoms with Crippen LogP contribution in [-0.4, -0.2) is 32.8 Å². The summed E-state index contributed by atoms with van der Waals surface area (Å²) in [6.45, 7) is 4.57. The van der Waals surface area contributed by atoms with Crippen molar-refractivity contribution in [2.45, 2.75) is 33.1 Å². The zero-order chi connectivity index (χ0) is 21.1. The van der Waals surface area contributed by atoms with E-state index in [9.17, 15) is 18.0 Å². The maximum Gasteiger partial charge on any atom is 0.495 e. The minimum atomic E-state index is -4.49. The fourth-order valence-electron chi connectivity index (χ4n) is 3.16. The topological polar surface area (TPSA) is 44.8 Å².